The van der Waals surface area contributed by atoms with E-state index in [1.807, 2.05) is 13.8 Å². The number of halogens is 1. The summed E-state index contributed by atoms with van der Waals surface area (Å²) in [6, 6.07) is 5.61. The Balaban J connectivity index is 2.83. The Hall–Kier alpha value is -2.08. The molecule has 3 N–H and O–H groups in total. The number of carbonyl (C=O) groups is 3. The first-order valence-corrected chi connectivity index (χ1v) is 8.53. The monoisotopic (exact) mass is 368 g/mol. The Labute approximate surface area is 152 Å². The lowest BCUT2D eigenvalue weighted by molar-refractivity contribution is -0.146. The van der Waals surface area contributed by atoms with Crippen molar-refractivity contribution in [1.82, 2.24) is 10.6 Å². The Morgan fingerprint density at radius 1 is 1.20 bits per heavy atom. The maximum atomic E-state index is 12.5. The third-order valence-electron chi connectivity index (χ3n) is 4.17. The summed E-state index contributed by atoms with van der Waals surface area (Å²) in [4.78, 5) is 36.0. The van der Waals surface area contributed by atoms with Crippen LogP contribution in [0, 0.1) is 11.3 Å². The number of carboxylic acid groups (broad SMARTS) is 1. The van der Waals surface area contributed by atoms with Crippen LogP contribution in [0.15, 0.2) is 24.3 Å². The first-order valence-electron chi connectivity index (χ1n) is 8.16. The molecule has 0 fully saturated rings. The van der Waals surface area contributed by atoms with E-state index < -0.39 is 23.3 Å². The molecular weight excluding hydrogens is 344 g/mol. The van der Waals surface area contributed by atoms with E-state index in [2.05, 4.69) is 10.6 Å². The zero-order valence-electron chi connectivity index (χ0n) is 14.9. The fourth-order valence-corrected chi connectivity index (χ4v) is 2.15. The van der Waals surface area contributed by atoms with Crippen molar-refractivity contribution in [3.05, 3.63) is 34.9 Å². The molecule has 138 valence electrons. The van der Waals surface area contributed by atoms with E-state index in [9.17, 15) is 14.4 Å². The Kier molecular flexibility index (Phi) is 7.42. The van der Waals surface area contributed by atoms with E-state index in [1.165, 1.54) is 13.8 Å². The van der Waals surface area contributed by atoms with Crippen molar-refractivity contribution in [3.8, 4) is 0 Å². The van der Waals surface area contributed by atoms with Crippen LogP contribution in [0.4, 0.5) is 0 Å². The fraction of sp³-hybridized carbons (Fsp3) is 0.500. The van der Waals surface area contributed by atoms with Crippen molar-refractivity contribution in [1.29, 1.82) is 0 Å². The minimum absolute atomic E-state index is 0.0229. The van der Waals surface area contributed by atoms with Crippen LogP contribution in [0.1, 0.15) is 44.5 Å². The number of aliphatic carboxylic acids is 1. The van der Waals surface area contributed by atoms with Gasteiger partial charge >= 0.3 is 5.97 Å². The molecule has 0 heterocycles. The molecule has 0 saturated heterocycles. The van der Waals surface area contributed by atoms with E-state index in [-0.39, 0.29) is 18.4 Å². The molecule has 2 amide bonds. The number of carboxylic acids is 1. The number of nitrogens with one attached hydrogen (secondary N) is 2. The highest BCUT2D eigenvalue weighted by atomic mass is 35.5. The van der Waals surface area contributed by atoms with Crippen molar-refractivity contribution in [2.45, 2.75) is 40.2 Å². The number of rotatable bonds is 8. The van der Waals surface area contributed by atoms with Gasteiger partial charge in [-0.25, -0.2) is 0 Å². The smallest absolute Gasteiger partial charge is 0.310 e. The summed E-state index contributed by atoms with van der Waals surface area (Å²) in [5.74, 6) is -1.89. The topological polar surface area (TPSA) is 95.5 Å². The molecule has 2 unspecified atom stereocenters. The lowest BCUT2D eigenvalue weighted by atomic mass is 9.93. The van der Waals surface area contributed by atoms with Crippen molar-refractivity contribution in [2.75, 3.05) is 6.54 Å². The average Bonchev–Trinajstić information content (AvgIpc) is 2.57. The molecule has 6 nitrogen and oxygen atoms in total. The number of hydrogen-bond acceptors (Lipinski definition) is 3. The second-order valence-corrected chi connectivity index (χ2v) is 7.19. The molecule has 0 aliphatic rings. The van der Waals surface area contributed by atoms with Gasteiger partial charge in [0.05, 0.1) is 5.41 Å². The number of benzene rings is 1. The van der Waals surface area contributed by atoms with E-state index >= 15 is 0 Å². The summed E-state index contributed by atoms with van der Waals surface area (Å²) in [7, 11) is 0. The summed E-state index contributed by atoms with van der Waals surface area (Å²) in [6.07, 6.45) is 0.682. The average molecular weight is 369 g/mol. The van der Waals surface area contributed by atoms with E-state index in [0.717, 1.165) is 0 Å². The van der Waals surface area contributed by atoms with Crippen LogP contribution < -0.4 is 10.6 Å². The third kappa shape index (κ3) is 6.05. The van der Waals surface area contributed by atoms with Crippen LogP contribution in [-0.2, 0) is 9.59 Å². The van der Waals surface area contributed by atoms with Crippen LogP contribution >= 0.6 is 11.6 Å². The predicted molar refractivity (Wildman–Crippen MR) is 96.6 cm³/mol. The van der Waals surface area contributed by atoms with Gasteiger partial charge in [-0.2, -0.15) is 0 Å². The third-order valence-corrected chi connectivity index (χ3v) is 4.42. The Bertz CT molecular complexity index is 628. The van der Waals surface area contributed by atoms with Crippen LogP contribution in [0.3, 0.4) is 0 Å². The number of hydrogen-bond donors (Lipinski definition) is 3. The van der Waals surface area contributed by atoms with Gasteiger partial charge in [-0.05, 0) is 44.0 Å². The Morgan fingerprint density at radius 2 is 1.76 bits per heavy atom. The molecule has 7 heteroatoms. The van der Waals surface area contributed by atoms with Gasteiger partial charge in [0.2, 0.25) is 5.91 Å². The standard InChI is InChI=1S/C18H25ClN2O4/c1-5-11(2)14(16(23)20-10-18(3,4)17(24)25)21-15(22)12-6-8-13(19)9-7-12/h6-9,11,14H,5,10H2,1-4H3,(H,20,23)(H,21,22)(H,24,25). The van der Waals surface area contributed by atoms with Crippen LogP contribution in [0.2, 0.25) is 5.02 Å². The summed E-state index contributed by atoms with van der Waals surface area (Å²) in [5, 5.41) is 15.0. The molecule has 0 aromatic heterocycles. The van der Waals surface area contributed by atoms with Crippen molar-refractivity contribution in [2.24, 2.45) is 11.3 Å². The molecule has 0 aliphatic heterocycles. The first-order chi connectivity index (χ1) is 11.6. The largest absolute Gasteiger partial charge is 0.481 e. The molecule has 0 aliphatic carbocycles. The quantitative estimate of drug-likeness (QED) is 0.657. The van der Waals surface area contributed by atoms with Gasteiger partial charge < -0.3 is 15.7 Å². The first kappa shape index (κ1) is 21.0. The normalized spacial score (nSPS) is 13.6. The molecule has 25 heavy (non-hydrogen) atoms. The fourth-order valence-electron chi connectivity index (χ4n) is 2.02. The van der Waals surface area contributed by atoms with Crippen LogP contribution in [0.5, 0.6) is 0 Å². The molecule has 0 radical (unpaired) electrons. The summed E-state index contributed by atoms with van der Waals surface area (Å²) in [6.45, 7) is 6.81. The minimum atomic E-state index is -1.09. The molecule has 1 rings (SSSR count). The highest BCUT2D eigenvalue weighted by Crippen LogP contribution is 2.15. The SMILES string of the molecule is CCC(C)C(NC(=O)c1ccc(Cl)cc1)C(=O)NCC(C)(C)C(=O)O. The summed E-state index contributed by atoms with van der Waals surface area (Å²) in [5.41, 5.74) is -0.688. The maximum absolute atomic E-state index is 12.5. The van der Waals surface area contributed by atoms with Gasteiger partial charge in [0, 0.05) is 17.1 Å². The highest BCUT2D eigenvalue weighted by Gasteiger charge is 2.31. The molecule has 1 aromatic rings. The molecular formula is C18H25ClN2O4. The van der Waals surface area contributed by atoms with Gasteiger partial charge in [0.1, 0.15) is 6.04 Å². The predicted octanol–water partition coefficient (Wildman–Crippen LogP) is 2.71. The van der Waals surface area contributed by atoms with Crippen molar-refractivity contribution in [3.63, 3.8) is 0 Å². The summed E-state index contributed by atoms with van der Waals surface area (Å²) >= 11 is 5.81. The van der Waals surface area contributed by atoms with Gasteiger partial charge in [-0.3, -0.25) is 14.4 Å². The maximum Gasteiger partial charge on any atom is 0.310 e. The minimum Gasteiger partial charge on any atom is -0.481 e. The second kappa shape index (κ2) is 8.85. The molecule has 0 saturated carbocycles. The molecule has 2 atom stereocenters. The Morgan fingerprint density at radius 3 is 2.24 bits per heavy atom. The van der Waals surface area contributed by atoms with Crippen molar-refractivity contribution < 1.29 is 19.5 Å². The molecule has 1 aromatic carbocycles. The van der Waals surface area contributed by atoms with Crippen molar-refractivity contribution >= 4 is 29.4 Å². The van der Waals surface area contributed by atoms with Gasteiger partial charge in [0.15, 0.2) is 0 Å². The zero-order valence-corrected chi connectivity index (χ0v) is 15.7. The lowest BCUT2D eigenvalue weighted by Crippen LogP contribution is -2.52. The number of carbonyl (C=O) groups excluding carboxylic acids is 2. The lowest BCUT2D eigenvalue weighted by Gasteiger charge is -2.26. The van der Waals surface area contributed by atoms with Crippen LogP contribution in [-0.4, -0.2) is 35.5 Å². The van der Waals surface area contributed by atoms with Crippen LogP contribution in [0.25, 0.3) is 0 Å². The summed E-state index contributed by atoms with van der Waals surface area (Å²) < 4.78 is 0. The van der Waals surface area contributed by atoms with Gasteiger partial charge in [0.25, 0.3) is 5.91 Å². The van der Waals surface area contributed by atoms with Gasteiger partial charge in [-0.15, -0.1) is 0 Å². The van der Waals surface area contributed by atoms with Gasteiger partial charge in [-0.1, -0.05) is 31.9 Å². The van der Waals surface area contributed by atoms with E-state index in [4.69, 9.17) is 16.7 Å². The zero-order chi connectivity index (χ0) is 19.2. The molecule has 0 bridgehead atoms. The highest BCUT2D eigenvalue weighted by molar-refractivity contribution is 6.30. The molecule has 0 spiro atoms. The number of amides is 2. The second-order valence-electron chi connectivity index (χ2n) is 6.75. The van der Waals surface area contributed by atoms with E-state index in [0.29, 0.717) is 17.0 Å². The van der Waals surface area contributed by atoms with E-state index in [1.54, 1.807) is 24.3 Å².